The molecule has 2 N–H and O–H groups in total. The third-order valence-electron chi connectivity index (χ3n) is 3.77. The van der Waals surface area contributed by atoms with Gasteiger partial charge in [-0.3, -0.25) is 4.79 Å². The zero-order valence-electron chi connectivity index (χ0n) is 14.6. The normalized spacial score (nSPS) is 12.7. The summed E-state index contributed by atoms with van der Waals surface area (Å²) < 4.78 is 39.8. The number of benzene rings is 2. The van der Waals surface area contributed by atoms with Gasteiger partial charge in [0.05, 0.1) is 10.9 Å². The molecule has 0 heterocycles. The summed E-state index contributed by atoms with van der Waals surface area (Å²) in [5, 5.41) is 2.76. The molecule has 2 rings (SSSR count). The second-order valence-electron chi connectivity index (χ2n) is 6.06. The van der Waals surface area contributed by atoms with E-state index in [1.807, 2.05) is 32.9 Å². The van der Waals surface area contributed by atoms with E-state index in [0.717, 1.165) is 41.0 Å². The van der Waals surface area contributed by atoms with E-state index in [9.17, 15) is 17.6 Å². The molecule has 7 heteroatoms. The number of carbonyl (C=O) groups is 1. The van der Waals surface area contributed by atoms with Crippen LogP contribution in [0.25, 0.3) is 0 Å². The Morgan fingerprint density at radius 2 is 1.56 bits per heavy atom. The summed E-state index contributed by atoms with van der Waals surface area (Å²) >= 11 is 0. The monoisotopic (exact) mass is 364 g/mol. The predicted molar refractivity (Wildman–Crippen MR) is 95.5 cm³/mol. The fourth-order valence-electron chi connectivity index (χ4n) is 2.58. The van der Waals surface area contributed by atoms with E-state index in [4.69, 9.17) is 0 Å². The summed E-state index contributed by atoms with van der Waals surface area (Å²) in [6.07, 6.45) is 0. The molecule has 0 aliphatic heterocycles. The van der Waals surface area contributed by atoms with E-state index < -0.39 is 27.8 Å². The van der Waals surface area contributed by atoms with Crippen molar-refractivity contribution in [1.29, 1.82) is 0 Å². The van der Waals surface area contributed by atoms with Crippen molar-refractivity contribution in [2.45, 2.75) is 38.6 Å². The molecule has 0 aromatic heterocycles. The number of hydrogen-bond acceptors (Lipinski definition) is 3. The quantitative estimate of drug-likeness (QED) is 0.856. The Balaban J connectivity index is 2.14. The molecule has 2 aromatic carbocycles. The maximum atomic E-state index is 12.9. The largest absolute Gasteiger partial charge is 0.324 e. The zero-order chi connectivity index (χ0) is 18.8. The third-order valence-corrected chi connectivity index (χ3v) is 5.33. The summed E-state index contributed by atoms with van der Waals surface area (Å²) in [7, 11) is -3.92. The van der Waals surface area contributed by atoms with Gasteiger partial charge in [-0.25, -0.2) is 12.8 Å². The highest BCUT2D eigenvalue weighted by molar-refractivity contribution is 7.89. The van der Waals surface area contributed by atoms with Gasteiger partial charge in [0.2, 0.25) is 15.9 Å². The fraction of sp³-hybridized carbons (Fsp3) is 0.278. The summed E-state index contributed by atoms with van der Waals surface area (Å²) in [4.78, 5) is 12.3. The molecule has 0 saturated carbocycles. The zero-order valence-corrected chi connectivity index (χ0v) is 15.4. The number of carbonyl (C=O) groups excluding carboxylic acids is 1. The Hall–Kier alpha value is -2.25. The van der Waals surface area contributed by atoms with E-state index in [2.05, 4.69) is 10.0 Å². The topological polar surface area (TPSA) is 75.3 Å². The third kappa shape index (κ3) is 4.64. The van der Waals surface area contributed by atoms with Crippen molar-refractivity contribution in [2.75, 3.05) is 5.32 Å². The molecule has 134 valence electrons. The summed E-state index contributed by atoms with van der Waals surface area (Å²) in [6, 6.07) is 7.30. The van der Waals surface area contributed by atoms with Crippen molar-refractivity contribution < 1.29 is 17.6 Å². The average molecular weight is 364 g/mol. The minimum Gasteiger partial charge on any atom is -0.324 e. The molecule has 0 radical (unpaired) electrons. The first-order chi connectivity index (χ1) is 11.6. The molecular weight excluding hydrogens is 343 g/mol. The standard InChI is InChI=1S/C18H21FN2O3S/c1-11-9-12(2)17(13(3)10-11)20-18(22)14(4)21-25(23,24)16-7-5-15(19)6-8-16/h5-10,14,21H,1-4H3,(H,20,22)/t14-/m0/s1. The van der Waals surface area contributed by atoms with Crippen LogP contribution in [0.1, 0.15) is 23.6 Å². The number of sulfonamides is 1. The number of halogens is 1. The van der Waals surface area contributed by atoms with Gasteiger partial charge in [-0.2, -0.15) is 4.72 Å². The lowest BCUT2D eigenvalue weighted by Crippen LogP contribution is -2.41. The van der Waals surface area contributed by atoms with Crippen molar-refractivity contribution >= 4 is 21.6 Å². The van der Waals surface area contributed by atoms with Crippen LogP contribution in [0.2, 0.25) is 0 Å². The maximum absolute atomic E-state index is 12.9. The van der Waals surface area contributed by atoms with Crippen LogP contribution in [-0.2, 0) is 14.8 Å². The molecule has 1 amide bonds. The van der Waals surface area contributed by atoms with Crippen LogP contribution in [0.3, 0.4) is 0 Å². The van der Waals surface area contributed by atoms with Crippen LogP contribution in [0.5, 0.6) is 0 Å². The molecule has 1 atom stereocenters. The van der Waals surface area contributed by atoms with Crippen molar-refractivity contribution in [3.63, 3.8) is 0 Å². The molecule has 0 bridgehead atoms. The number of hydrogen-bond donors (Lipinski definition) is 2. The summed E-state index contributed by atoms with van der Waals surface area (Å²) in [6.45, 7) is 7.17. The minimum absolute atomic E-state index is 0.101. The molecule has 5 nitrogen and oxygen atoms in total. The van der Waals surface area contributed by atoms with Crippen LogP contribution in [-0.4, -0.2) is 20.4 Å². The van der Waals surface area contributed by atoms with E-state index in [-0.39, 0.29) is 4.90 Å². The summed E-state index contributed by atoms with van der Waals surface area (Å²) in [5.74, 6) is -1.00. The van der Waals surface area contributed by atoms with Crippen molar-refractivity contribution in [1.82, 2.24) is 4.72 Å². The number of rotatable bonds is 5. The van der Waals surface area contributed by atoms with Crippen LogP contribution >= 0.6 is 0 Å². The Morgan fingerprint density at radius 1 is 1.04 bits per heavy atom. The summed E-state index contributed by atoms with van der Waals surface area (Å²) in [5.41, 5.74) is 3.56. The molecule has 0 spiro atoms. The Bertz CT molecular complexity index is 870. The molecule has 0 aliphatic carbocycles. The molecule has 0 aliphatic rings. The van der Waals surface area contributed by atoms with Gasteiger partial charge in [-0.05, 0) is 63.1 Å². The fourth-order valence-corrected chi connectivity index (χ4v) is 3.78. The van der Waals surface area contributed by atoms with Crippen LogP contribution in [0.4, 0.5) is 10.1 Å². The molecule has 2 aromatic rings. The first-order valence-electron chi connectivity index (χ1n) is 7.77. The van der Waals surface area contributed by atoms with Crippen molar-refractivity contribution in [3.8, 4) is 0 Å². The van der Waals surface area contributed by atoms with Gasteiger partial charge in [0.15, 0.2) is 0 Å². The highest BCUT2D eigenvalue weighted by atomic mass is 32.2. The van der Waals surface area contributed by atoms with Gasteiger partial charge >= 0.3 is 0 Å². The number of nitrogens with one attached hydrogen (secondary N) is 2. The Labute approximate surface area is 147 Å². The molecule has 0 saturated heterocycles. The van der Waals surface area contributed by atoms with Gasteiger partial charge in [-0.15, -0.1) is 0 Å². The Kier molecular flexibility index (Phi) is 5.59. The van der Waals surface area contributed by atoms with E-state index >= 15 is 0 Å². The smallest absolute Gasteiger partial charge is 0.242 e. The minimum atomic E-state index is -3.92. The average Bonchev–Trinajstić information content (AvgIpc) is 2.50. The highest BCUT2D eigenvalue weighted by Crippen LogP contribution is 2.22. The van der Waals surface area contributed by atoms with Gasteiger partial charge in [0.1, 0.15) is 5.82 Å². The van der Waals surface area contributed by atoms with E-state index in [1.165, 1.54) is 6.92 Å². The molecular formula is C18H21FN2O3S. The van der Waals surface area contributed by atoms with E-state index in [1.54, 1.807) is 0 Å². The second-order valence-corrected chi connectivity index (χ2v) is 7.77. The van der Waals surface area contributed by atoms with Gasteiger partial charge in [-0.1, -0.05) is 17.7 Å². The molecule has 0 unspecified atom stereocenters. The number of amides is 1. The first kappa shape index (κ1) is 19.1. The maximum Gasteiger partial charge on any atom is 0.242 e. The first-order valence-corrected chi connectivity index (χ1v) is 9.25. The second kappa shape index (κ2) is 7.33. The Morgan fingerprint density at radius 3 is 2.08 bits per heavy atom. The van der Waals surface area contributed by atoms with Crippen LogP contribution in [0, 0.1) is 26.6 Å². The SMILES string of the molecule is Cc1cc(C)c(NC(=O)[C@H](C)NS(=O)(=O)c2ccc(F)cc2)c(C)c1. The van der Waals surface area contributed by atoms with Gasteiger partial charge < -0.3 is 5.32 Å². The van der Waals surface area contributed by atoms with Gasteiger partial charge in [0, 0.05) is 5.69 Å². The van der Waals surface area contributed by atoms with Gasteiger partial charge in [0.25, 0.3) is 0 Å². The van der Waals surface area contributed by atoms with Crippen molar-refractivity contribution in [3.05, 3.63) is 58.9 Å². The lowest BCUT2D eigenvalue weighted by atomic mass is 10.0. The van der Waals surface area contributed by atoms with Crippen LogP contribution in [0.15, 0.2) is 41.3 Å². The molecule has 0 fully saturated rings. The number of aryl methyl sites for hydroxylation is 3. The lowest BCUT2D eigenvalue weighted by molar-refractivity contribution is -0.117. The van der Waals surface area contributed by atoms with Crippen LogP contribution < -0.4 is 10.0 Å². The number of anilines is 1. The lowest BCUT2D eigenvalue weighted by Gasteiger charge is -2.17. The predicted octanol–water partition coefficient (Wildman–Crippen LogP) is 3.06. The molecule has 25 heavy (non-hydrogen) atoms. The van der Waals surface area contributed by atoms with Crippen molar-refractivity contribution in [2.24, 2.45) is 0 Å². The highest BCUT2D eigenvalue weighted by Gasteiger charge is 2.22. The van der Waals surface area contributed by atoms with E-state index in [0.29, 0.717) is 5.69 Å².